The normalized spacial score (nSPS) is 17.3. The SMILES string of the molecule is CCCC1(C(=O)O)CCN(C(=O)C[C@H](C)NC(=O)OCC2c3ccccc3-c3ccccc32)CC1. The summed E-state index contributed by atoms with van der Waals surface area (Å²) in [7, 11) is 0. The number of piperidine rings is 1. The Morgan fingerprint density at radius 3 is 2.17 bits per heavy atom. The third-order valence-corrected chi connectivity index (χ3v) is 7.44. The molecule has 1 heterocycles. The maximum atomic E-state index is 12.8. The Balaban J connectivity index is 1.27. The predicted octanol–water partition coefficient (Wildman–Crippen LogP) is 4.80. The standard InChI is InChI=1S/C28H34N2O5/c1-3-12-28(26(32)33)13-15-30(16-14-28)25(31)17-19(2)29-27(34)35-18-24-22-10-6-4-8-20(22)21-9-5-7-11-23(21)24/h4-11,19,24H,3,12-18H2,1-2H3,(H,29,34)(H,32,33)/t19-/m0/s1. The van der Waals surface area contributed by atoms with Crippen LogP contribution in [0.4, 0.5) is 4.79 Å². The van der Waals surface area contributed by atoms with E-state index < -0.39 is 17.5 Å². The van der Waals surface area contributed by atoms with E-state index in [1.807, 2.05) is 31.2 Å². The highest BCUT2D eigenvalue weighted by Gasteiger charge is 2.41. The summed E-state index contributed by atoms with van der Waals surface area (Å²) in [6.45, 7) is 4.85. The van der Waals surface area contributed by atoms with Crippen LogP contribution in [-0.4, -0.2) is 53.7 Å². The monoisotopic (exact) mass is 478 g/mol. The van der Waals surface area contributed by atoms with Gasteiger partial charge in [-0.25, -0.2) is 4.79 Å². The van der Waals surface area contributed by atoms with Crippen LogP contribution in [0, 0.1) is 5.41 Å². The van der Waals surface area contributed by atoms with Gasteiger partial charge in [-0.05, 0) is 48.4 Å². The minimum absolute atomic E-state index is 0.0175. The van der Waals surface area contributed by atoms with Crippen molar-refractivity contribution < 1.29 is 24.2 Å². The second-order valence-electron chi connectivity index (χ2n) is 9.79. The summed E-state index contributed by atoms with van der Waals surface area (Å²) < 4.78 is 5.58. The number of carbonyl (C=O) groups is 3. The highest BCUT2D eigenvalue weighted by molar-refractivity contribution is 5.80. The zero-order chi connectivity index (χ0) is 25.0. The van der Waals surface area contributed by atoms with E-state index in [9.17, 15) is 19.5 Å². The number of hydrogen-bond acceptors (Lipinski definition) is 4. The molecule has 7 heteroatoms. The van der Waals surface area contributed by atoms with Gasteiger partial charge in [0.2, 0.25) is 5.91 Å². The Labute approximate surface area is 206 Å². The highest BCUT2D eigenvalue weighted by Crippen LogP contribution is 2.44. The van der Waals surface area contributed by atoms with Crippen LogP contribution in [-0.2, 0) is 14.3 Å². The molecule has 2 aliphatic rings. The number of fused-ring (bicyclic) bond motifs is 3. The number of ether oxygens (including phenoxy) is 1. The molecule has 0 unspecified atom stereocenters. The number of carbonyl (C=O) groups excluding carboxylic acids is 2. The summed E-state index contributed by atoms with van der Waals surface area (Å²) in [6.07, 6.45) is 1.98. The molecular weight excluding hydrogens is 444 g/mol. The molecule has 4 rings (SSSR count). The molecule has 7 nitrogen and oxygen atoms in total. The van der Waals surface area contributed by atoms with Crippen LogP contribution in [0.5, 0.6) is 0 Å². The van der Waals surface area contributed by atoms with Crippen LogP contribution in [0.15, 0.2) is 48.5 Å². The zero-order valence-corrected chi connectivity index (χ0v) is 20.5. The van der Waals surface area contributed by atoms with Crippen LogP contribution in [0.1, 0.15) is 63.0 Å². The topological polar surface area (TPSA) is 95.9 Å². The number of carboxylic acids is 1. The number of nitrogens with one attached hydrogen (secondary N) is 1. The zero-order valence-electron chi connectivity index (χ0n) is 20.5. The number of alkyl carbamates (subject to hydrolysis) is 1. The third kappa shape index (κ3) is 5.19. The van der Waals surface area contributed by atoms with Gasteiger partial charge in [0.25, 0.3) is 0 Å². The van der Waals surface area contributed by atoms with Crippen molar-refractivity contribution in [1.29, 1.82) is 0 Å². The van der Waals surface area contributed by atoms with E-state index in [2.05, 4.69) is 29.6 Å². The van der Waals surface area contributed by atoms with Crippen LogP contribution in [0.25, 0.3) is 11.1 Å². The van der Waals surface area contributed by atoms with Crippen molar-refractivity contribution in [1.82, 2.24) is 10.2 Å². The maximum absolute atomic E-state index is 12.8. The van der Waals surface area contributed by atoms with Gasteiger partial charge in [0.05, 0.1) is 5.41 Å². The van der Waals surface area contributed by atoms with E-state index in [0.717, 1.165) is 17.5 Å². The quantitative estimate of drug-likeness (QED) is 0.568. The minimum atomic E-state index is -0.767. The molecule has 2 aromatic carbocycles. The van der Waals surface area contributed by atoms with Gasteiger partial charge in [-0.3, -0.25) is 9.59 Å². The molecule has 0 radical (unpaired) electrons. The molecule has 2 aromatic rings. The number of hydrogen-bond donors (Lipinski definition) is 2. The number of nitrogens with zero attached hydrogens (tertiary/aromatic N) is 1. The maximum Gasteiger partial charge on any atom is 0.407 e. The number of likely N-dealkylation sites (tertiary alicyclic amines) is 1. The molecule has 1 atom stereocenters. The molecule has 0 bridgehead atoms. The number of amides is 2. The second kappa shape index (κ2) is 10.5. The number of aliphatic carboxylic acids is 1. The van der Waals surface area contributed by atoms with Crippen LogP contribution >= 0.6 is 0 Å². The summed E-state index contributed by atoms with van der Waals surface area (Å²) in [4.78, 5) is 38.7. The molecule has 0 spiro atoms. The average molecular weight is 479 g/mol. The first kappa shape index (κ1) is 24.8. The van der Waals surface area contributed by atoms with Crippen molar-refractivity contribution in [2.75, 3.05) is 19.7 Å². The fourth-order valence-corrected chi connectivity index (χ4v) is 5.52. The van der Waals surface area contributed by atoms with Gasteiger partial charge in [0, 0.05) is 31.5 Å². The molecular formula is C28H34N2O5. The van der Waals surface area contributed by atoms with Crippen molar-refractivity contribution in [3.8, 4) is 11.1 Å². The Hall–Kier alpha value is -3.35. The Bertz CT molecular complexity index is 1040. The molecule has 1 aliphatic carbocycles. The van der Waals surface area contributed by atoms with Crippen molar-refractivity contribution in [3.63, 3.8) is 0 Å². The molecule has 1 aliphatic heterocycles. The summed E-state index contributed by atoms with van der Waals surface area (Å²) in [5.74, 6) is -0.861. The molecule has 35 heavy (non-hydrogen) atoms. The lowest BCUT2D eigenvalue weighted by atomic mass is 9.75. The Morgan fingerprint density at radius 1 is 1.06 bits per heavy atom. The van der Waals surface area contributed by atoms with Crippen molar-refractivity contribution in [2.24, 2.45) is 5.41 Å². The highest BCUT2D eigenvalue weighted by atomic mass is 16.5. The van der Waals surface area contributed by atoms with Crippen molar-refractivity contribution >= 4 is 18.0 Å². The lowest BCUT2D eigenvalue weighted by Gasteiger charge is -2.39. The van der Waals surface area contributed by atoms with Gasteiger partial charge in [0.15, 0.2) is 0 Å². The summed E-state index contributed by atoms with van der Waals surface area (Å²) in [6, 6.07) is 15.9. The number of rotatable bonds is 8. The van der Waals surface area contributed by atoms with E-state index in [1.54, 1.807) is 11.8 Å². The smallest absolute Gasteiger partial charge is 0.407 e. The first-order valence-corrected chi connectivity index (χ1v) is 12.5. The van der Waals surface area contributed by atoms with Gasteiger partial charge in [-0.1, -0.05) is 61.9 Å². The van der Waals surface area contributed by atoms with Crippen LogP contribution < -0.4 is 5.32 Å². The second-order valence-corrected chi connectivity index (χ2v) is 9.79. The fraction of sp³-hybridized carbons (Fsp3) is 0.464. The van der Waals surface area contributed by atoms with Gasteiger partial charge in [-0.15, -0.1) is 0 Å². The van der Waals surface area contributed by atoms with E-state index >= 15 is 0 Å². The minimum Gasteiger partial charge on any atom is -0.481 e. The number of carboxylic acid groups (broad SMARTS) is 1. The first-order chi connectivity index (χ1) is 16.8. The average Bonchev–Trinajstić information content (AvgIpc) is 3.17. The molecule has 1 fully saturated rings. The number of benzene rings is 2. The molecule has 2 amide bonds. The summed E-state index contributed by atoms with van der Waals surface area (Å²) >= 11 is 0. The van der Waals surface area contributed by atoms with Crippen LogP contribution in [0.2, 0.25) is 0 Å². The van der Waals surface area contributed by atoms with Crippen molar-refractivity contribution in [2.45, 2.75) is 57.9 Å². The summed E-state index contributed by atoms with van der Waals surface area (Å²) in [5, 5.41) is 12.4. The lowest BCUT2D eigenvalue weighted by molar-refractivity contribution is -0.155. The third-order valence-electron chi connectivity index (χ3n) is 7.44. The predicted molar refractivity (Wildman–Crippen MR) is 133 cm³/mol. The van der Waals surface area contributed by atoms with Gasteiger partial charge < -0.3 is 20.1 Å². The van der Waals surface area contributed by atoms with Crippen molar-refractivity contribution in [3.05, 3.63) is 59.7 Å². The summed E-state index contributed by atoms with van der Waals surface area (Å²) in [5.41, 5.74) is 3.91. The molecule has 186 valence electrons. The van der Waals surface area contributed by atoms with Gasteiger partial charge in [0.1, 0.15) is 6.61 Å². The first-order valence-electron chi connectivity index (χ1n) is 12.5. The molecule has 1 saturated heterocycles. The molecule has 0 aromatic heterocycles. The van der Waals surface area contributed by atoms with E-state index in [4.69, 9.17) is 4.74 Å². The largest absolute Gasteiger partial charge is 0.481 e. The fourth-order valence-electron chi connectivity index (χ4n) is 5.52. The van der Waals surface area contributed by atoms with Gasteiger partial charge >= 0.3 is 12.1 Å². The van der Waals surface area contributed by atoms with E-state index in [0.29, 0.717) is 32.4 Å². The van der Waals surface area contributed by atoms with E-state index in [1.165, 1.54) is 11.1 Å². The molecule has 0 saturated carbocycles. The van der Waals surface area contributed by atoms with E-state index in [-0.39, 0.29) is 30.9 Å². The molecule has 2 N–H and O–H groups in total. The van der Waals surface area contributed by atoms with Crippen LogP contribution in [0.3, 0.4) is 0 Å². The lowest BCUT2D eigenvalue weighted by Crippen LogP contribution is -2.48. The Kier molecular flexibility index (Phi) is 7.43. The Morgan fingerprint density at radius 2 is 1.63 bits per heavy atom. The van der Waals surface area contributed by atoms with Gasteiger partial charge in [-0.2, -0.15) is 0 Å².